The smallest absolute Gasteiger partial charge is 0.321 e. The van der Waals surface area contributed by atoms with Crippen LogP contribution in [0.1, 0.15) is 48.7 Å². The van der Waals surface area contributed by atoms with Gasteiger partial charge in [0.25, 0.3) is 5.91 Å². The third-order valence-electron chi connectivity index (χ3n) is 5.12. The molecule has 8 nitrogen and oxygen atoms in total. The normalized spacial score (nSPS) is 16.0. The number of carbonyl (C=O) groups is 3. The van der Waals surface area contributed by atoms with Crippen LogP contribution in [0.5, 0.6) is 0 Å². The summed E-state index contributed by atoms with van der Waals surface area (Å²) in [6.07, 6.45) is 4.21. The second-order valence-corrected chi connectivity index (χ2v) is 7.57. The number of urea groups is 1. The summed E-state index contributed by atoms with van der Waals surface area (Å²) in [5, 5.41) is 8.20. The van der Waals surface area contributed by atoms with E-state index in [1.807, 2.05) is 6.92 Å². The van der Waals surface area contributed by atoms with Gasteiger partial charge in [0.1, 0.15) is 11.6 Å². The highest BCUT2D eigenvalue weighted by Gasteiger charge is 2.25. The number of nitrogens with zero attached hydrogens (tertiary/aromatic N) is 1. The molecule has 1 aliphatic rings. The largest absolute Gasteiger partial charge is 0.469 e. The summed E-state index contributed by atoms with van der Waals surface area (Å²) in [5.41, 5.74) is 0.604. The summed E-state index contributed by atoms with van der Waals surface area (Å²) in [5.74, 6) is -0.714. The van der Waals surface area contributed by atoms with Gasteiger partial charge in [-0.1, -0.05) is 6.92 Å². The third kappa shape index (κ3) is 5.84. The number of furan rings is 1. The van der Waals surface area contributed by atoms with E-state index in [0.717, 1.165) is 19.3 Å². The number of carbonyl (C=O) groups excluding carboxylic acids is 3. The number of hydrogen-bond acceptors (Lipinski definition) is 4. The lowest BCUT2D eigenvalue weighted by molar-refractivity contribution is -0.122. The van der Waals surface area contributed by atoms with Gasteiger partial charge in [0.05, 0.1) is 17.5 Å². The molecule has 0 aliphatic carbocycles. The minimum atomic E-state index is -0.621. The molecule has 1 aromatic heterocycles. The van der Waals surface area contributed by atoms with Gasteiger partial charge in [-0.3, -0.25) is 9.59 Å². The van der Waals surface area contributed by atoms with Crippen molar-refractivity contribution >= 4 is 29.2 Å². The zero-order valence-corrected chi connectivity index (χ0v) is 17.7. The minimum Gasteiger partial charge on any atom is -0.469 e. The van der Waals surface area contributed by atoms with Gasteiger partial charge in [0.15, 0.2) is 0 Å². The zero-order chi connectivity index (χ0) is 22.4. The lowest BCUT2D eigenvalue weighted by Gasteiger charge is -2.33. The van der Waals surface area contributed by atoms with Crippen molar-refractivity contribution in [2.45, 2.75) is 45.6 Å². The maximum Gasteiger partial charge on any atom is 0.321 e. The number of likely N-dealkylation sites (tertiary alicyclic amines) is 1. The van der Waals surface area contributed by atoms with Gasteiger partial charge in [-0.15, -0.1) is 0 Å². The molecule has 9 heteroatoms. The van der Waals surface area contributed by atoms with E-state index in [2.05, 4.69) is 16.0 Å². The first kappa shape index (κ1) is 22.3. The number of nitrogens with one attached hydrogen (secondary N) is 3. The minimum absolute atomic E-state index is 0.0125. The highest BCUT2D eigenvalue weighted by atomic mass is 19.1. The number of hydrogen-bond donors (Lipinski definition) is 3. The van der Waals surface area contributed by atoms with Crippen molar-refractivity contribution in [1.82, 2.24) is 10.2 Å². The Labute approximate surface area is 180 Å². The third-order valence-corrected chi connectivity index (χ3v) is 5.12. The molecule has 4 amide bonds. The van der Waals surface area contributed by atoms with Crippen molar-refractivity contribution in [3.63, 3.8) is 0 Å². The van der Waals surface area contributed by atoms with E-state index in [1.54, 1.807) is 11.8 Å². The summed E-state index contributed by atoms with van der Waals surface area (Å²) in [7, 11) is 0. The van der Waals surface area contributed by atoms with Gasteiger partial charge >= 0.3 is 6.03 Å². The summed E-state index contributed by atoms with van der Waals surface area (Å²) < 4.78 is 19.3. The van der Waals surface area contributed by atoms with Gasteiger partial charge in [-0.05, 0) is 50.5 Å². The first-order chi connectivity index (χ1) is 14.9. The number of piperidine rings is 1. The summed E-state index contributed by atoms with van der Waals surface area (Å²) in [4.78, 5) is 38.5. The lowest BCUT2D eigenvalue weighted by Crippen LogP contribution is -2.50. The van der Waals surface area contributed by atoms with E-state index < -0.39 is 11.7 Å². The van der Waals surface area contributed by atoms with Crippen LogP contribution in [0.25, 0.3) is 0 Å². The van der Waals surface area contributed by atoms with Crippen molar-refractivity contribution in [3.8, 4) is 0 Å². The maximum absolute atomic E-state index is 14.2. The van der Waals surface area contributed by atoms with Crippen LogP contribution in [-0.4, -0.2) is 41.9 Å². The number of halogens is 1. The van der Waals surface area contributed by atoms with Gasteiger partial charge in [-0.2, -0.15) is 0 Å². The molecule has 2 aromatic rings. The van der Waals surface area contributed by atoms with E-state index in [-0.39, 0.29) is 23.7 Å². The molecular formula is C22H27FN4O4. The number of aryl methyl sites for hydroxylation is 1. The number of amides is 4. The second-order valence-electron chi connectivity index (χ2n) is 7.57. The van der Waals surface area contributed by atoms with Gasteiger partial charge in [0, 0.05) is 31.2 Å². The number of anilines is 2. The van der Waals surface area contributed by atoms with Crippen molar-refractivity contribution in [1.29, 1.82) is 0 Å². The predicted octanol–water partition coefficient (Wildman–Crippen LogP) is 3.89. The molecule has 0 saturated carbocycles. The molecule has 1 fully saturated rings. The standard InChI is InChI=1S/C22H27FN4O4/c1-3-5-20(28)24-16-6-4-10-27(13-16)22(30)25-15-7-8-18(23)19(12-15)26-21(29)17-9-11-31-14(17)2/h7-9,11-12,16H,3-6,10,13H2,1-2H3,(H,24,28)(H,25,30)(H,26,29). The van der Waals surface area contributed by atoms with Gasteiger partial charge in [-0.25, -0.2) is 9.18 Å². The topological polar surface area (TPSA) is 104 Å². The monoisotopic (exact) mass is 430 g/mol. The fraction of sp³-hybridized carbons (Fsp3) is 0.409. The van der Waals surface area contributed by atoms with Gasteiger partial charge < -0.3 is 25.3 Å². The Balaban J connectivity index is 1.62. The maximum atomic E-state index is 14.2. The second kappa shape index (κ2) is 10.1. The molecular weight excluding hydrogens is 403 g/mol. The van der Waals surface area contributed by atoms with E-state index in [4.69, 9.17) is 4.42 Å². The molecule has 0 radical (unpaired) electrons. The summed E-state index contributed by atoms with van der Waals surface area (Å²) >= 11 is 0. The quantitative estimate of drug-likeness (QED) is 0.647. The Bertz CT molecular complexity index is 959. The molecule has 0 spiro atoms. The van der Waals surface area contributed by atoms with Crippen LogP contribution in [0, 0.1) is 12.7 Å². The molecule has 2 heterocycles. The average Bonchev–Trinajstić information content (AvgIpc) is 3.17. The van der Waals surface area contributed by atoms with Crippen LogP contribution in [-0.2, 0) is 4.79 Å². The summed E-state index contributed by atoms with van der Waals surface area (Å²) in [6, 6.07) is 5.04. The molecule has 3 N–H and O–H groups in total. The van der Waals surface area contributed by atoms with E-state index in [0.29, 0.717) is 36.5 Å². The molecule has 1 aliphatic heterocycles. The van der Waals surface area contributed by atoms with E-state index in [9.17, 15) is 18.8 Å². The van der Waals surface area contributed by atoms with Crippen LogP contribution >= 0.6 is 0 Å². The molecule has 1 aromatic carbocycles. The Morgan fingerprint density at radius 3 is 2.74 bits per heavy atom. The lowest BCUT2D eigenvalue weighted by atomic mass is 10.1. The first-order valence-electron chi connectivity index (χ1n) is 10.4. The molecule has 1 atom stereocenters. The van der Waals surface area contributed by atoms with Crippen LogP contribution in [0.2, 0.25) is 0 Å². The van der Waals surface area contributed by atoms with Crippen LogP contribution in [0.15, 0.2) is 34.9 Å². The van der Waals surface area contributed by atoms with Crippen molar-refractivity contribution < 1.29 is 23.2 Å². The SMILES string of the molecule is CCCC(=O)NC1CCCN(C(=O)Nc2ccc(F)c(NC(=O)c3ccoc3C)c2)C1. The number of benzene rings is 1. The molecule has 166 valence electrons. The van der Waals surface area contributed by atoms with Crippen LogP contribution in [0.3, 0.4) is 0 Å². The highest BCUT2D eigenvalue weighted by molar-refractivity contribution is 6.05. The predicted molar refractivity (Wildman–Crippen MR) is 114 cm³/mol. The van der Waals surface area contributed by atoms with Gasteiger partial charge in [0.2, 0.25) is 5.91 Å². The zero-order valence-electron chi connectivity index (χ0n) is 17.7. The molecule has 1 unspecified atom stereocenters. The fourth-order valence-electron chi connectivity index (χ4n) is 3.52. The molecule has 3 rings (SSSR count). The number of rotatable bonds is 6. The van der Waals surface area contributed by atoms with E-state index in [1.165, 1.54) is 30.5 Å². The van der Waals surface area contributed by atoms with Crippen LogP contribution in [0.4, 0.5) is 20.6 Å². The molecule has 1 saturated heterocycles. The molecule has 0 bridgehead atoms. The van der Waals surface area contributed by atoms with Crippen LogP contribution < -0.4 is 16.0 Å². The van der Waals surface area contributed by atoms with Crippen molar-refractivity contribution in [2.75, 3.05) is 23.7 Å². The summed E-state index contributed by atoms with van der Waals surface area (Å²) in [6.45, 7) is 4.55. The van der Waals surface area contributed by atoms with Crippen molar-refractivity contribution in [2.24, 2.45) is 0 Å². The van der Waals surface area contributed by atoms with Crippen molar-refractivity contribution in [3.05, 3.63) is 47.7 Å². The average molecular weight is 430 g/mol. The molecule has 31 heavy (non-hydrogen) atoms. The fourth-order valence-corrected chi connectivity index (χ4v) is 3.52. The Hall–Kier alpha value is -3.36. The Kier molecular flexibility index (Phi) is 7.28. The Morgan fingerprint density at radius 2 is 2.03 bits per heavy atom. The first-order valence-corrected chi connectivity index (χ1v) is 10.4. The van der Waals surface area contributed by atoms with E-state index >= 15 is 0 Å². The highest BCUT2D eigenvalue weighted by Crippen LogP contribution is 2.22. The Morgan fingerprint density at radius 1 is 1.23 bits per heavy atom.